The standard InChI is InChI=1S/C69H78O16/c1-46-58(75-41-49-27-13-4-14-28-49)61(76-42-50-29-15-5-16-30-50)63(77-43-51-31-17-6-18-32-51)68(79-46)84-59-54(37-38-74-56(59)44-73-40-48-25-11-3-12-26-48)81-69-64(83-66(72)52-33-19-7-20-34-52)62(80-55(65(70)71)39-47-23-9-2-10-24-47)60-57(82-69)45-78-67(85-60)53-35-21-8-22-36-53/h3-8,11-22,25-36,46-47,54-64,67-69H,2,9-10,23-24,37-45H2,1H3,(H,70,71)/t46-,54+,55-,56+,57+,58+,59-,60-,61+,62-,63-,64+,67?,68-,69+/m0/s1. The third-order valence-corrected chi connectivity index (χ3v) is 16.5. The van der Waals surface area contributed by atoms with Crippen LogP contribution in [0.2, 0.25) is 0 Å². The molecule has 16 heteroatoms. The Morgan fingerprint density at radius 3 is 1.68 bits per heavy atom. The molecular formula is C69H78O16. The number of carboxylic acids is 1. The lowest BCUT2D eigenvalue weighted by molar-refractivity contribution is -0.386. The number of rotatable bonds is 25. The van der Waals surface area contributed by atoms with Crippen LogP contribution in [0.1, 0.15) is 96.3 Å². The van der Waals surface area contributed by atoms with Crippen molar-refractivity contribution in [3.05, 3.63) is 215 Å². The van der Waals surface area contributed by atoms with Crippen LogP contribution in [-0.2, 0) is 92.8 Å². The molecule has 5 fully saturated rings. The molecule has 6 aromatic carbocycles. The van der Waals surface area contributed by atoms with Crippen molar-refractivity contribution in [1.82, 2.24) is 0 Å². The highest BCUT2D eigenvalue weighted by atomic mass is 16.8. The third-order valence-electron chi connectivity index (χ3n) is 16.5. The Kier molecular flexibility index (Phi) is 21.6. The van der Waals surface area contributed by atoms with Gasteiger partial charge in [0.1, 0.15) is 48.8 Å². The Labute approximate surface area is 497 Å². The molecule has 1 N–H and O–H groups in total. The van der Waals surface area contributed by atoms with Crippen LogP contribution in [0.25, 0.3) is 0 Å². The van der Waals surface area contributed by atoms with Crippen molar-refractivity contribution in [3.8, 4) is 0 Å². The van der Waals surface area contributed by atoms with E-state index in [0.29, 0.717) is 0 Å². The Balaban J connectivity index is 0.950. The maximum absolute atomic E-state index is 14.6. The van der Waals surface area contributed by atoms with E-state index in [9.17, 15) is 14.7 Å². The van der Waals surface area contributed by atoms with Crippen LogP contribution < -0.4 is 0 Å². The molecule has 450 valence electrons. The Morgan fingerprint density at radius 1 is 0.541 bits per heavy atom. The van der Waals surface area contributed by atoms with Gasteiger partial charge < -0.3 is 66.7 Å². The monoisotopic (exact) mass is 1160 g/mol. The van der Waals surface area contributed by atoms with Gasteiger partial charge in [-0.3, -0.25) is 0 Å². The molecule has 5 aliphatic rings. The van der Waals surface area contributed by atoms with E-state index in [2.05, 4.69) is 0 Å². The Hall–Kier alpha value is -6.22. The molecule has 0 amide bonds. The molecule has 4 saturated heterocycles. The molecule has 85 heavy (non-hydrogen) atoms. The van der Waals surface area contributed by atoms with Gasteiger partial charge in [-0.25, -0.2) is 9.59 Å². The van der Waals surface area contributed by atoms with Crippen LogP contribution in [0.4, 0.5) is 0 Å². The topological polar surface area (TPSA) is 174 Å². The second-order valence-corrected chi connectivity index (χ2v) is 22.6. The summed E-state index contributed by atoms with van der Waals surface area (Å²) in [5.74, 6) is -1.70. The Bertz CT molecular complexity index is 2920. The highest BCUT2D eigenvalue weighted by molar-refractivity contribution is 5.89. The minimum atomic E-state index is -1.39. The van der Waals surface area contributed by atoms with Crippen molar-refractivity contribution in [3.63, 3.8) is 0 Å². The predicted molar refractivity (Wildman–Crippen MR) is 311 cm³/mol. The van der Waals surface area contributed by atoms with Crippen molar-refractivity contribution in [2.75, 3.05) is 19.8 Å². The van der Waals surface area contributed by atoms with E-state index < -0.39 is 104 Å². The molecule has 0 aromatic heterocycles. The molecule has 1 aliphatic carbocycles. The average Bonchev–Trinajstić information content (AvgIpc) is 3.04. The second-order valence-electron chi connectivity index (χ2n) is 22.6. The van der Waals surface area contributed by atoms with Crippen molar-refractivity contribution in [2.24, 2.45) is 5.92 Å². The summed E-state index contributed by atoms with van der Waals surface area (Å²) in [7, 11) is 0. The number of fused-ring (bicyclic) bond motifs is 1. The van der Waals surface area contributed by atoms with Crippen LogP contribution in [0.5, 0.6) is 0 Å². The minimum absolute atomic E-state index is 0.0133. The molecule has 1 unspecified atom stereocenters. The lowest BCUT2D eigenvalue weighted by Crippen LogP contribution is -2.66. The van der Waals surface area contributed by atoms with Crippen LogP contribution in [-0.4, -0.2) is 123 Å². The van der Waals surface area contributed by atoms with Gasteiger partial charge in [-0.2, -0.15) is 0 Å². The van der Waals surface area contributed by atoms with Gasteiger partial charge in [0.05, 0.1) is 57.4 Å². The SMILES string of the molecule is C[C@@H]1O[C@@H](O[C@@H]2[C@@H](COCc3ccccc3)OCC[C@H]2O[C@@H]2O[C@@H]3COC(c4ccccc4)O[C@@H]3[C@H](O[C@@H](CC3CCCCC3)C(=O)O)[C@H]2OC(=O)c2ccccc2)[C@@H](OCc2ccccc2)[C@H](OCc2ccccc2)[C@@H]1OCc1ccccc1. The molecule has 0 bridgehead atoms. The summed E-state index contributed by atoms with van der Waals surface area (Å²) < 4.78 is 89.2. The largest absolute Gasteiger partial charge is 0.479 e. The molecular weight excluding hydrogens is 1080 g/mol. The van der Waals surface area contributed by atoms with Crippen molar-refractivity contribution in [1.29, 1.82) is 0 Å². The zero-order chi connectivity index (χ0) is 58.2. The molecule has 11 rings (SSSR count). The van der Waals surface area contributed by atoms with E-state index in [0.717, 1.165) is 59.9 Å². The van der Waals surface area contributed by atoms with Crippen LogP contribution in [0.3, 0.4) is 0 Å². The number of ether oxygens (including phenoxy) is 13. The first-order valence-corrected chi connectivity index (χ1v) is 30.1. The second kappa shape index (κ2) is 30.4. The number of esters is 1. The molecule has 4 heterocycles. The van der Waals surface area contributed by atoms with Crippen molar-refractivity contribution < 1.29 is 76.3 Å². The fourth-order valence-corrected chi connectivity index (χ4v) is 12.1. The quantitative estimate of drug-likeness (QED) is 0.0536. The fraction of sp³-hybridized carbons (Fsp3) is 0.449. The number of aliphatic carboxylic acids is 1. The maximum Gasteiger partial charge on any atom is 0.338 e. The van der Waals surface area contributed by atoms with Gasteiger partial charge in [-0.05, 0) is 60.1 Å². The number of hydrogen-bond acceptors (Lipinski definition) is 15. The van der Waals surface area contributed by atoms with E-state index in [-0.39, 0.29) is 70.6 Å². The summed E-state index contributed by atoms with van der Waals surface area (Å²) in [6.45, 7) is 3.25. The number of hydrogen-bond donors (Lipinski definition) is 1. The maximum atomic E-state index is 14.6. The summed E-state index contributed by atoms with van der Waals surface area (Å²) in [5, 5.41) is 11.0. The van der Waals surface area contributed by atoms with Crippen LogP contribution >= 0.6 is 0 Å². The minimum Gasteiger partial charge on any atom is -0.479 e. The first-order chi connectivity index (χ1) is 41.8. The number of benzene rings is 6. The molecule has 4 aliphatic heterocycles. The van der Waals surface area contributed by atoms with E-state index in [1.807, 2.05) is 159 Å². The zero-order valence-corrected chi connectivity index (χ0v) is 48.0. The van der Waals surface area contributed by atoms with Crippen molar-refractivity contribution in [2.45, 2.75) is 170 Å². The molecule has 0 spiro atoms. The molecule has 1 saturated carbocycles. The van der Waals surface area contributed by atoms with Crippen molar-refractivity contribution >= 4 is 11.9 Å². The summed E-state index contributed by atoms with van der Waals surface area (Å²) in [6, 6.07) is 57.7. The van der Waals surface area contributed by atoms with Gasteiger partial charge >= 0.3 is 11.9 Å². The van der Waals surface area contributed by atoms with Crippen LogP contribution in [0.15, 0.2) is 182 Å². The number of carbonyl (C=O) groups excluding carboxylic acids is 1. The fourth-order valence-electron chi connectivity index (χ4n) is 12.1. The van der Waals surface area contributed by atoms with Gasteiger partial charge in [0.2, 0.25) is 0 Å². The van der Waals surface area contributed by atoms with Gasteiger partial charge in [-0.1, -0.05) is 202 Å². The van der Waals surface area contributed by atoms with E-state index in [1.54, 1.807) is 30.3 Å². The lowest BCUT2D eigenvalue weighted by Gasteiger charge is -2.51. The Morgan fingerprint density at radius 2 is 1.08 bits per heavy atom. The zero-order valence-electron chi connectivity index (χ0n) is 48.0. The predicted octanol–water partition coefficient (Wildman–Crippen LogP) is 11.1. The first kappa shape index (κ1) is 60.5. The molecule has 0 radical (unpaired) electrons. The first-order valence-electron chi connectivity index (χ1n) is 30.1. The normalized spacial score (nSPS) is 29.3. The van der Waals surface area contributed by atoms with Crippen LogP contribution in [0, 0.1) is 5.92 Å². The van der Waals surface area contributed by atoms with Gasteiger partial charge in [-0.15, -0.1) is 0 Å². The molecule has 6 aromatic rings. The van der Waals surface area contributed by atoms with E-state index in [1.165, 1.54) is 0 Å². The van der Waals surface area contributed by atoms with Gasteiger partial charge in [0, 0.05) is 12.2 Å². The highest BCUT2D eigenvalue weighted by Crippen LogP contribution is 2.41. The summed E-state index contributed by atoms with van der Waals surface area (Å²) >= 11 is 0. The summed E-state index contributed by atoms with van der Waals surface area (Å²) in [6.07, 6.45) is -9.17. The summed E-state index contributed by atoms with van der Waals surface area (Å²) in [4.78, 5) is 28.0. The smallest absolute Gasteiger partial charge is 0.338 e. The lowest BCUT2D eigenvalue weighted by atomic mass is 9.85. The third kappa shape index (κ3) is 16.3. The molecule has 15 atom stereocenters. The summed E-state index contributed by atoms with van der Waals surface area (Å²) in [5.41, 5.74) is 4.83. The van der Waals surface area contributed by atoms with Gasteiger partial charge in [0.25, 0.3) is 0 Å². The van der Waals surface area contributed by atoms with E-state index in [4.69, 9.17) is 61.6 Å². The number of carbonyl (C=O) groups is 2. The van der Waals surface area contributed by atoms with E-state index >= 15 is 0 Å². The molecule has 16 nitrogen and oxygen atoms in total. The van der Waals surface area contributed by atoms with Gasteiger partial charge in [0.15, 0.2) is 31.1 Å². The number of carboxylic acid groups (broad SMARTS) is 1. The highest BCUT2D eigenvalue weighted by Gasteiger charge is 2.57. The average molecular weight is 1160 g/mol.